The van der Waals surface area contributed by atoms with Crippen LogP contribution >= 0.6 is 23.1 Å². The average molecular weight is 271 g/mol. The van der Waals surface area contributed by atoms with Crippen LogP contribution in [0.15, 0.2) is 11.6 Å². The Morgan fingerprint density at radius 3 is 3.12 bits per heavy atom. The Morgan fingerprint density at radius 2 is 2.41 bits per heavy atom. The van der Waals surface area contributed by atoms with E-state index in [0.29, 0.717) is 0 Å². The van der Waals surface area contributed by atoms with Gasteiger partial charge >= 0.3 is 0 Å². The van der Waals surface area contributed by atoms with Gasteiger partial charge in [0.2, 0.25) is 0 Å². The van der Waals surface area contributed by atoms with Crippen LogP contribution in [0, 0.1) is 0 Å². The van der Waals surface area contributed by atoms with Crippen molar-refractivity contribution in [2.24, 2.45) is 0 Å². The summed E-state index contributed by atoms with van der Waals surface area (Å²) in [5.41, 5.74) is 0.882. The SMILES string of the molecule is CSCCCN(C)c1nc2sccn2c1CO. The minimum Gasteiger partial charge on any atom is -0.390 e. The second-order valence-electron chi connectivity index (χ2n) is 3.86. The van der Waals surface area contributed by atoms with Gasteiger partial charge in [0.25, 0.3) is 0 Å². The Morgan fingerprint density at radius 1 is 1.59 bits per heavy atom. The standard InChI is InChI=1S/C11H17N3OS2/c1-13(4-3-6-16-2)10-9(8-15)14-5-7-17-11(14)12-10/h5,7,15H,3-4,6,8H2,1-2H3. The Labute approximate surface area is 109 Å². The Hall–Kier alpha value is -0.720. The maximum absolute atomic E-state index is 9.46. The largest absolute Gasteiger partial charge is 0.390 e. The van der Waals surface area contributed by atoms with Gasteiger partial charge in [0.05, 0.1) is 12.3 Å². The first-order chi connectivity index (χ1) is 8.27. The predicted molar refractivity (Wildman–Crippen MR) is 75.3 cm³/mol. The number of rotatable bonds is 6. The lowest BCUT2D eigenvalue weighted by molar-refractivity contribution is 0.276. The lowest BCUT2D eigenvalue weighted by atomic mass is 10.4. The van der Waals surface area contributed by atoms with Gasteiger partial charge in [0.15, 0.2) is 10.8 Å². The van der Waals surface area contributed by atoms with E-state index in [0.717, 1.165) is 35.2 Å². The van der Waals surface area contributed by atoms with Gasteiger partial charge < -0.3 is 10.0 Å². The Bertz CT molecular complexity index is 480. The summed E-state index contributed by atoms with van der Waals surface area (Å²) in [5, 5.41) is 11.4. The molecule has 6 heteroatoms. The molecular formula is C11H17N3OS2. The highest BCUT2D eigenvalue weighted by Gasteiger charge is 2.15. The minimum atomic E-state index is 0.0279. The van der Waals surface area contributed by atoms with E-state index < -0.39 is 0 Å². The maximum atomic E-state index is 9.46. The van der Waals surface area contributed by atoms with E-state index in [1.54, 1.807) is 11.3 Å². The third-order valence-electron chi connectivity index (χ3n) is 2.69. The van der Waals surface area contributed by atoms with Gasteiger partial charge in [-0.2, -0.15) is 11.8 Å². The van der Waals surface area contributed by atoms with Gasteiger partial charge in [-0.05, 0) is 18.4 Å². The van der Waals surface area contributed by atoms with Crippen molar-refractivity contribution in [3.8, 4) is 0 Å². The average Bonchev–Trinajstić information content (AvgIpc) is 2.88. The van der Waals surface area contributed by atoms with Crippen LogP contribution in [0.1, 0.15) is 12.1 Å². The number of hydrogen-bond donors (Lipinski definition) is 1. The number of hydrogen-bond acceptors (Lipinski definition) is 5. The van der Waals surface area contributed by atoms with E-state index >= 15 is 0 Å². The number of thioether (sulfide) groups is 1. The number of aromatic nitrogens is 2. The van der Waals surface area contributed by atoms with Crippen LogP contribution in [0.4, 0.5) is 5.82 Å². The number of anilines is 1. The Kier molecular flexibility index (Phi) is 4.31. The normalized spacial score (nSPS) is 11.2. The van der Waals surface area contributed by atoms with Gasteiger partial charge in [-0.3, -0.25) is 4.40 Å². The van der Waals surface area contributed by atoms with Gasteiger partial charge in [-0.25, -0.2) is 4.98 Å². The number of thiazole rings is 1. The number of imidazole rings is 1. The van der Waals surface area contributed by atoms with Crippen LogP contribution < -0.4 is 4.90 Å². The van der Waals surface area contributed by atoms with E-state index in [4.69, 9.17) is 0 Å². The second-order valence-corrected chi connectivity index (χ2v) is 5.72. The number of aliphatic hydroxyl groups is 1. The third-order valence-corrected chi connectivity index (χ3v) is 4.15. The Balaban J connectivity index is 2.18. The fourth-order valence-electron chi connectivity index (χ4n) is 1.83. The molecule has 0 fully saturated rings. The molecule has 0 saturated carbocycles. The molecule has 2 rings (SSSR count). The summed E-state index contributed by atoms with van der Waals surface area (Å²) in [6.45, 7) is 0.999. The van der Waals surface area contributed by atoms with Crippen molar-refractivity contribution in [1.29, 1.82) is 0 Å². The summed E-state index contributed by atoms with van der Waals surface area (Å²) in [4.78, 5) is 7.63. The van der Waals surface area contributed by atoms with Crippen LogP contribution in [-0.2, 0) is 6.61 Å². The fourth-order valence-corrected chi connectivity index (χ4v) is 2.97. The first-order valence-corrected chi connectivity index (χ1v) is 7.80. The van der Waals surface area contributed by atoms with Gasteiger partial charge in [0, 0.05) is 25.2 Å². The highest BCUT2D eigenvalue weighted by Crippen LogP contribution is 2.24. The summed E-state index contributed by atoms with van der Waals surface area (Å²) < 4.78 is 1.96. The molecule has 0 saturated heterocycles. The van der Waals surface area contributed by atoms with Gasteiger partial charge in [0.1, 0.15) is 0 Å². The third kappa shape index (κ3) is 2.59. The minimum absolute atomic E-state index is 0.0279. The summed E-state index contributed by atoms with van der Waals surface area (Å²) in [5.74, 6) is 2.06. The van der Waals surface area contributed by atoms with Crippen LogP contribution in [0.3, 0.4) is 0 Å². The molecule has 0 unspecified atom stereocenters. The highest BCUT2D eigenvalue weighted by atomic mass is 32.2. The van der Waals surface area contributed by atoms with Crippen molar-refractivity contribution in [1.82, 2.24) is 9.38 Å². The van der Waals surface area contributed by atoms with Gasteiger partial charge in [-0.1, -0.05) is 0 Å². The number of nitrogens with zero attached hydrogens (tertiary/aromatic N) is 3. The molecule has 2 heterocycles. The molecule has 0 amide bonds. The number of fused-ring (bicyclic) bond motifs is 1. The molecule has 1 N–H and O–H groups in total. The first-order valence-electron chi connectivity index (χ1n) is 5.53. The van der Waals surface area contributed by atoms with E-state index in [-0.39, 0.29) is 6.61 Å². The van der Waals surface area contributed by atoms with Crippen molar-refractivity contribution in [3.63, 3.8) is 0 Å². The first kappa shape index (κ1) is 12.7. The van der Waals surface area contributed by atoms with Crippen molar-refractivity contribution < 1.29 is 5.11 Å². The molecule has 0 aliphatic heterocycles. The highest BCUT2D eigenvalue weighted by molar-refractivity contribution is 7.98. The van der Waals surface area contributed by atoms with Crippen molar-refractivity contribution in [2.75, 3.05) is 30.5 Å². The van der Waals surface area contributed by atoms with Crippen molar-refractivity contribution >= 4 is 33.9 Å². The quantitative estimate of drug-likeness (QED) is 0.817. The molecule has 0 aromatic carbocycles. The predicted octanol–water partition coefficient (Wildman–Crippen LogP) is 2.08. The monoisotopic (exact) mass is 271 g/mol. The number of aliphatic hydroxyl groups excluding tert-OH is 1. The smallest absolute Gasteiger partial charge is 0.195 e. The molecule has 4 nitrogen and oxygen atoms in total. The molecule has 94 valence electrons. The lowest BCUT2D eigenvalue weighted by Crippen LogP contribution is -2.21. The van der Waals surface area contributed by atoms with Gasteiger partial charge in [-0.15, -0.1) is 11.3 Å². The van der Waals surface area contributed by atoms with Crippen molar-refractivity contribution in [2.45, 2.75) is 13.0 Å². The zero-order valence-electron chi connectivity index (χ0n) is 10.1. The molecule has 0 bridgehead atoms. The molecular weight excluding hydrogens is 254 g/mol. The molecule has 0 aliphatic carbocycles. The molecule has 0 atom stereocenters. The second kappa shape index (κ2) is 5.75. The van der Waals surface area contributed by atoms with E-state index in [1.165, 1.54) is 0 Å². The van der Waals surface area contributed by atoms with Crippen LogP contribution in [0.25, 0.3) is 4.96 Å². The van der Waals surface area contributed by atoms with E-state index in [1.807, 2.05) is 34.8 Å². The van der Waals surface area contributed by atoms with Crippen LogP contribution in [-0.4, -0.2) is 40.1 Å². The molecule has 0 spiro atoms. The van der Waals surface area contributed by atoms with Crippen LogP contribution in [0.5, 0.6) is 0 Å². The zero-order valence-corrected chi connectivity index (χ0v) is 11.7. The summed E-state index contributed by atoms with van der Waals surface area (Å²) in [6, 6.07) is 0. The fraction of sp³-hybridized carbons (Fsp3) is 0.545. The van der Waals surface area contributed by atoms with Crippen LogP contribution in [0.2, 0.25) is 0 Å². The summed E-state index contributed by atoms with van der Waals surface area (Å²) in [7, 11) is 2.03. The topological polar surface area (TPSA) is 40.8 Å². The molecule has 2 aromatic rings. The molecule has 0 aliphatic rings. The maximum Gasteiger partial charge on any atom is 0.195 e. The van der Waals surface area contributed by atoms with E-state index in [9.17, 15) is 5.11 Å². The zero-order chi connectivity index (χ0) is 12.3. The molecule has 2 aromatic heterocycles. The molecule has 17 heavy (non-hydrogen) atoms. The summed E-state index contributed by atoms with van der Waals surface area (Å²) in [6.07, 6.45) is 5.21. The lowest BCUT2D eigenvalue weighted by Gasteiger charge is -2.17. The van der Waals surface area contributed by atoms with E-state index in [2.05, 4.69) is 16.1 Å². The summed E-state index contributed by atoms with van der Waals surface area (Å²) >= 11 is 3.45. The molecule has 0 radical (unpaired) electrons. The van der Waals surface area contributed by atoms with Crippen molar-refractivity contribution in [3.05, 3.63) is 17.3 Å².